The second-order valence-electron chi connectivity index (χ2n) is 6.56. The minimum absolute atomic E-state index is 0.00901. The lowest BCUT2D eigenvalue weighted by Gasteiger charge is -2.26. The van der Waals surface area contributed by atoms with Gasteiger partial charge in [-0.1, -0.05) is 31.9 Å². The zero-order valence-electron chi connectivity index (χ0n) is 15.1. The molecule has 2 aromatic rings. The second-order valence-corrected chi connectivity index (χ2v) is 6.56. The Balaban J connectivity index is 1.86. The first-order valence-electron chi connectivity index (χ1n) is 9.17. The van der Waals surface area contributed by atoms with Gasteiger partial charge in [-0.3, -0.25) is 15.7 Å². The fourth-order valence-electron chi connectivity index (χ4n) is 3.18. The normalized spacial score (nSPS) is 20.7. The number of nitrogens with one attached hydrogen (secondary N) is 1. The number of benzene rings is 1. The average molecular weight is 354 g/mol. The second kappa shape index (κ2) is 8.78. The monoisotopic (exact) mass is 354 g/mol. The van der Waals surface area contributed by atoms with Gasteiger partial charge in [-0.25, -0.2) is 4.98 Å². The Morgan fingerprint density at radius 2 is 2.04 bits per heavy atom. The third-order valence-corrected chi connectivity index (χ3v) is 4.75. The van der Waals surface area contributed by atoms with Crippen molar-refractivity contribution >= 4 is 5.84 Å². The zero-order valence-corrected chi connectivity index (χ0v) is 15.1. The molecule has 26 heavy (non-hydrogen) atoms. The number of ether oxygens (including phenoxy) is 1. The molecule has 0 spiro atoms. The van der Waals surface area contributed by atoms with E-state index < -0.39 is 0 Å². The van der Waals surface area contributed by atoms with Crippen LogP contribution in [-0.2, 0) is 6.42 Å². The van der Waals surface area contributed by atoms with Crippen molar-refractivity contribution in [1.29, 1.82) is 0 Å². The van der Waals surface area contributed by atoms with Crippen LogP contribution in [0.4, 0.5) is 0 Å². The summed E-state index contributed by atoms with van der Waals surface area (Å²) in [5.41, 5.74) is 10.2. The van der Waals surface area contributed by atoms with Crippen LogP contribution in [0.25, 0.3) is 0 Å². The number of amidine groups is 1. The molecular formula is C20H26N4O2. The van der Waals surface area contributed by atoms with Crippen molar-refractivity contribution in [3.63, 3.8) is 0 Å². The van der Waals surface area contributed by atoms with Gasteiger partial charge < -0.3 is 10.5 Å². The summed E-state index contributed by atoms with van der Waals surface area (Å²) in [6.07, 6.45) is 6.72. The van der Waals surface area contributed by atoms with Crippen molar-refractivity contribution in [2.24, 2.45) is 10.7 Å². The quantitative estimate of drug-likeness (QED) is 0.434. The first-order valence-corrected chi connectivity index (χ1v) is 9.17. The van der Waals surface area contributed by atoms with Gasteiger partial charge in [0.1, 0.15) is 5.75 Å². The molecule has 0 radical (unpaired) electrons. The summed E-state index contributed by atoms with van der Waals surface area (Å²) in [6, 6.07) is 11.5. The van der Waals surface area contributed by atoms with E-state index in [1.807, 2.05) is 30.3 Å². The Hall–Kier alpha value is -2.44. The number of nitrogens with zero attached hydrogens (tertiary/aromatic N) is 2. The van der Waals surface area contributed by atoms with Crippen LogP contribution in [0.3, 0.4) is 0 Å². The number of hydrogen-bond acceptors (Lipinski definition) is 5. The Kier molecular flexibility index (Phi) is 6.20. The Morgan fingerprint density at radius 3 is 2.73 bits per heavy atom. The van der Waals surface area contributed by atoms with Crippen molar-refractivity contribution in [3.05, 3.63) is 53.7 Å². The van der Waals surface area contributed by atoms with Crippen molar-refractivity contribution in [2.75, 3.05) is 0 Å². The summed E-state index contributed by atoms with van der Waals surface area (Å²) >= 11 is 0. The van der Waals surface area contributed by atoms with E-state index in [1.165, 1.54) is 5.56 Å². The molecule has 3 rings (SSSR count). The molecule has 1 aromatic carbocycles. The van der Waals surface area contributed by atoms with E-state index in [0.717, 1.165) is 32.1 Å². The minimum atomic E-state index is -0.0182. The third kappa shape index (κ3) is 4.39. The first kappa shape index (κ1) is 18.4. The maximum Gasteiger partial charge on any atom is 0.230 e. The number of hydrogen-bond donors (Lipinski definition) is 3. The predicted octanol–water partition coefficient (Wildman–Crippen LogP) is 3.43. The van der Waals surface area contributed by atoms with Crippen molar-refractivity contribution in [1.82, 2.24) is 10.5 Å². The van der Waals surface area contributed by atoms with Gasteiger partial charge in [0.25, 0.3) is 0 Å². The van der Waals surface area contributed by atoms with Crippen molar-refractivity contribution in [2.45, 2.75) is 51.1 Å². The van der Waals surface area contributed by atoms with Gasteiger partial charge in [-0.05, 0) is 49.1 Å². The highest BCUT2D eigenvalue weighted by Gasteiger charge is 2.23. The van der Waals surface area contributed by atoms with Crippen LogP contribution in [0.2, 0.25) is 0 Å². The van der Waals surface area contributed by atoms with Gasteiger partial charge >= 0.3 is 0 Å². The van der Waals surface area contributed by atoms with Crippen LogP contribution in [0.1, 0.15) is 43.7 Å². The largest absolute Gasteiger partial charge is 0.438 e. The van der Waals surface area contributed by atoms with Gasteiger partial charge in [-0.2, -0.15) is 0 Å². The molecule has 1 heterocycles. The maximum absolute atomic E-state index is 9.65. The van der Waals surface area contributed by atoms with Crippen molar-refractivity contribution < 1.29 is 9.94 Å². The minimum Gasteiger partial charge on any atom is -0.438 e. The van der Waals surface area contributed by atoms with Crippen LogP contribution in [-0.4, -0.2) is 28.1 Å². The average Bonchev–Trinajstić information content (AvgIpc) is 2.69. The molecule has 1 aliphatic rings. The van der Waals surface area contributed by atoms with Crippen LogP contribution in [0.15, 0.2) is 47.6 Å². The molecule has 0 aliphatic heterocycles. The summed E-state index contributed by atoms with van der Waals surface area (Å²) in [5.74, 6) is 1.41. The molecule has 1 aromatic heterocycles. The van der Waals surface area contributed by atoms with E-state index in [2.05, 4.69) is 22.4 Å². The van der Waals surface area contributed by atoms with Crippen molar-refractivity contribution in [3.8, 4) is 11.6 Å². The lowest BCUT2D eigenvalue weighted by atomic mass is 9.91. The van der Waals surface area contributed by atoms with E-state index >= 15 is 0 Å². The van der Waals surface area contributed by atoms with Crippen LogP contribution in [0.5, 0.6) is 11.6 Å². The molecule has 1 saturated carbocycles. The molecule has 0 amide bonds. The number of aliphatic imine (C=N–C) groups is 1. The lowest BCUT2D eigenvalue weighted by molar-refractivity contribution is 0.233. The number of rotatable bonds is 5. The predicted molar refractivity (Wildman–Crippen MR) is 102 cm³/mol. The first-order chi connectivity index (χ1) is 12.7. The van der Waals surface area contributed by atoms with Crippen LogP contribution < -0.4 is 16.0 Å². The Bertz CT molecular complexity index is 746. The molecule has 2 atom stereocenters. The number of aryl methyl sites for hydroxylation is 1. The summed E-state index contributed by atoms with van der Waals surface area (Å²) < 4.78 is 5.93. The molecule has 1 aliphatic carbocycles. The zero-order chi connectivity index (χ0) is 18.4. The van der Waals surface area contributed by atoms with E-state index in [-0.39, 0.29) is 12.1 Å². The van der Waals surface area contributed by atoms with E-state index in [1.54, 1.807) is 12.3 Å². The Morgan fingerprint density at radius 1 is 1.27 bits per heavy atom. The van der Waals surface area contributed by atoms with Crippen LogP contribution >= 0.6 is 0 Å². The molecule has 0 saturated heterocycles. The van der Waals surface area contributed by atoms with E-state index in [9.17, 15) is 5.21 Å². The lowest BCUT2D eigenvalue weighted by Crippen LogP contribution is -2.38. The molecule has 1 fully saturated rings. The van der Waals surface area contributed by atoms with E-state index in [0.29, 0.717) is 23.0 Å². The topological polar surface area (TPSA) is 92.8 Å². The van der Waals surface area contributed by atoms with Gasteiger partial charge in [0.05, 0.1) is 11.6 Å². The van der Waals surface area contributed by atoms with Gasteiger partial charge in [0, 0.05) is 12.2 Å². The standard InChI is InChI=1S/C20H26N4O2/c1-2-14-9-11-15(12-10-14)26-20-16(6-5-13-22-20)19(24-25)23-18-8-4-3-7-17(18)21/h5-6,9-13,17-18,25H,2-4,7-8,21H2,1H3,(H,23,24)/t17-,18?/m1/s1. The molecule has 6 heteroatoms. The number of aromatic nitrogens is 1. The fourth-order valence-corrected chi connectivity index (χ4v) is 3.18. The summed E-state index contributed by atoms with van der Waals surface area (Å²) in [5, 5.41) is 9.65. The molecule has 138 valence electrons. The van der Waals surface area contributed by atoms with E-state index in [4.69, 9.17) is 10.5 Å². The summed E-state index contributed by atoms with van der Waals surface area (Å²) in [4.78, 5) is 8.96. The molecule has 0 bridgehead atoms. The van der Waals surface area contributed by atoms with Gasteiger partial charge in [-0.15, -0.1) is 0 Å². The fraction of sp³-hybridized carbons (Fsp3) is 0.400. The smallest absolute Gasteiger partial charge is 0.230 e. The number of nitrogens with two attached hydrogens (primary N) is 1. The highest BCUT2D eigenvalue weighted by Crippen LogP contribution is 2.25. The van der Waals surface area contributed by atoms with Gasteiger partial charge in [0.15, 0.2) is 5.84 Å². The SMILES string of the molecule is CCc1ccc(Oc2ncccc2C(=NC2CCCC[C@H]2N)NO)cc1. The highest BCUT2D eigenvalue weighted by atomic mass is 16.5. The van der Waals surface area contributed by atoms with Crippen LogP contribution in [0, 0.1) is 0 Å². The van der Waals surface area contributed by atoms with Gasteiger partial charge in [0.2, 0.25) is 5.88 Å². The molecular weight excluding hydrogens is 328 g/mol. The summed E-state index contributed by atoms with van der Waals surface area (Å²) in [6.45, 7) is 2.11. The molecule has 6 nitrogen and oxygen atoms in total. The number of hydroxylamine groups is 1. The molecule has 4 N–H and O–H groups in total. The third-order valence-electron chi connectivity index (χ3n) is 4.75. The number of pyridine rings is 1. The maximum atomic E-state index is 9.65. The Labute approximate surface area is 154 Å². The highest BCUT2D eigenvalue weighted by molar-refractivity contribution is 6.00. The summed E-state index contributed by atoms with van der Waals surface area (Å²) in [7, 11) is 0. The molecule has 1 unspecified atom stereocenters.